The summed E-state index contributed by atoms with van der Waals surface area (Å²) in [6.07, 6.45) is 1.29. The highest BCUT2D eigenvalue weighted by Crippen LogP contribution is 2.05. The molecule has 6 nitrogen and oxygen atoms in total. The smallest absolute Gasteiger partial charge is 0.279 e. The van der Waals surface area contributed by atoms with Crippen molar-refractivity contribution in [3.8, 4) is 0 Å². The van der Waals surface area contributed by atoms with Crippen LogP contribution in [0.2, 0.25) is 0 Å². The standard InChI is InChI=1S/C8H15N3O3S/c1-4-11(3)15(12,13)10-5-8-7(2)9-6-14-8/h6,10H,4-5H2,1-3H3. The molecule has 1 heterocycles. The van der Waals surface area contributed by atoms with Crippen LogP contribution in [0.3, 0.4) is 0 Å². The van der Waals surface area contributed by atoms with Crippen LogP contribution < -0.4 is 4.72 Å². The van der Waals surface area contributed by atoms with Crippen LogP contribution >= 0.6 is 0 Å². The van der Waals surface area contributed by atoms with Gasteiger partial charge >= 0.3 is 0 Å². The first-order chi connectivity index (χ1) is 6.97. The van der Waals surface area contributed by atoms with Crippen LogP contribution in [0, 0.1) is 6.92 Å². The highest BCUT2D eigenvalue weighted by atomic mass is 32.2. The molecular weight excluding hydrogens is 218 g/mol. The van der Waals surface area contributed by atoms with E-state index in [2.05, 4.69) is 9.71 Å². The highest BCUT2D eigenvalue weighted by molar-refractivity contribution is 7.87. The van der Waals surface area contributed by atoms with Crippen LogP contribution in [0.4, 0.5) is 0 Å². The summed E-state index contributed by atoms with van der Waals surface area (Å²) in [4.78, 5) is 3.87. The Labute approximate surface area is 89.5 Å². The van der Waals surface area contributed by atoms with E-state index in [9.17, 15) is 8.42 Å². The zero-order valence-electron chi connectivity index (χ0n) is 9.02. The first-order valence-corrected chi connectivity index (χ1v) is 6.01. The number of nitrogens with one attached hydrogen (secondary N) is 1. The fourth-order valence-corrected chi connectivity index (χ4v) is 1.81. The van der Waals surface area contributed by atoms with Crippen molar-refractivity contribution in [3.05, 3.63) is 17.8 Å². The quantitative estimate of drug-likeness (QED) is 0.792. The number of aryl methyl sites for hydroxylation is 1. The molecule has 1 aromatic rings. The third-order valence-corrected chi connectivity index (χ3v) is 3.70. The van der Waals surface area contributed by atoms with Gasteiger partial charge in [-0.25, -0.2) is 4.98 Å². The van der Waals surface area contributed by atoms with Crippen LogP contribution in [-0.4, -0.2) is 31.3 Å². The van der Waals surface area contributed by atoms with E-state index < -0.39 is 10.2 Å². The van der Waals surface area contributed by atoms with E-state index in [1.54, 1.807) is 13.8 Å². The average Bonchev–Trinajstić information content (AvgIpc) is 2.60. The van der Waals surface area contributed by atoms with Gasteiger partial charge in [-0.1, -0.05) is 6.92 Å². The molecule has 0 saturated carbocycles. The molecule has 15 heavy (non-hydrogen) atoms. The molecule has 7 heteroatoms. The van der Waals surface area contributed by atoms with Crippen molar-refractivity contribution in [1.29, 1.82) is 0 Å². The van der Waals surface area contributed by atoms with Crippen LogP contribution in [0.15, 0.2) is 10.8 Å². The minimum Gasteiger partial charge on any atom is -0.447 e. The van der Waals surface area contributed by atoms with Gasteiger partial charge in [-0.15, -0.1) is 0 Å². The van der Waals surface area contributed by atoms with E-state index in [0.717, 1.165) is 0 Å². The Hall–Kier alpha value is -0.920. The van der Waals surface area contributed by atoms with Crippen molar-refractivity contribution in [3.63, 3.8) is 0 Å². The fraction of sp³-hybridized carbons (Fsp3) is 0.625. The molecule has 1 aromatic heterocycles. The van der Waals surface area contributed by atoms with Crippen LogP contribution in [0.25, 0.3) is 0 Å². The Kier molecular flexibility index (Phi) is 3.83. The Morgan fingerprint density at radius 3 is 2.73 bits per heavy atom. The van der Waals surface area contributed by atoms with Crippen molar-refractivity contribution in [2.75, 3.05) is 13.6 Å². The summed E-state index contributed by atoms with van der Waals surface area (Å²) in [5.74, 6) is 0.531. The molecule has 0 fully saturated rings. The normalized spacial score (nSPS) is 12.3. The van der Waals surface area contributed by atoms with Gasteiger partial charge in [0, 0.05) is 13.6 Å². The van der Waals surface area contributed by atoms with Gasteiger partial charge in [-0.3, -0.25) is 0 Å². The zero-order valence-corrected chi connectivity index (χ0v) is 9.84. The average molecular weight is 233 g/mol. The molecule has 86 valence electrons. The first-order valence-electron chi connectivity index (χ1n) is 4.57. The second-order valence-corrected chi connectivity index (χ2v) is 4.96. The highest BCUT2D eigenvalue weighted by Gasteiger charge is 2.16. The van der Waals surface area contributed by atoms with Gasteiger partial charge < -0.3 is 4.42 Å². The molecule has 1 N–H and O–H groups in total. The summed E-state index contributed by atoms with van der Waals surface area (Å²) in [5, 5.41) is 0. The lowest BCUT2D eigenvalue weighted by molar-refractivity contribution is 0.457. The second-order valence-electron chi connectivity index (χ2n) is 3.10. The van der Waals surface area contributed by atoms with Crippen molar-refractivity contribution in [2.45, 2.75) is 20.4 Å². The summed E-state index contributed by atoms with van der Waals surface area (Å²) < 4.78 is 31.7. The number of hydrogen-bond acceptors (Lipinski definition) is 4. The molecule has 0 spiro atoms. The summed E-state index contributed by atoms with van der Waals surface area (Å²) in [7, 11) is -1.90. The number of aromatic nitrogens is 1. The minimum atomic E-state index is -3.41. The van der Waals surface area contributed by atoms with Crippen LogP contribution in [-0.2, 0) is 16.8 Å². The van der Waals surface area contributed by atoms with E-state index in [-0.39, 0.29) is 6.54 Å². The van der Waals surface area contributed by atoms with Crippen molar-refractivity contribution < 1.29 is 12.8 Å². The topological polar surface area (TPSA) is 75.4 Å². The number of nitrogens with zero attached hydrogens (tertiary/aromatic N) is 2. The van der Waals surface area contributed by atoms with Gasteiger partial charge in [-0.05, 0) is 6.92 Å². The van der Waals surface area contributed by atoms with Crippen LogP contribution in [0.1, 0.15) is 18.4 Å². The monoisotopic (exact) mass is 233 g/mol. The molecule has 1 rings (SSSR count). The van der Waals surface area contributed by atoms with Gasteiger partial charge in [0.05, 0.1) is 12.2 Å². The van der Waals surface area contributed by atoms with Gasteiger partial charge in [0.15, 0.2) is 6.39 Å². The number of oxazole rings is 1. The Morgan fingerprint density at radius 1 is 1.60 bits per heavy atom. The largest absolute Gasteiger partial charge is 0.447 e. The third kappa shape index (κ3) is 3.01. The summed E-state index contributed by atoms with van der Waals surface area (Å²) in [6.45, 7) is 4.07. The predicted octanol–water partition coefficient (Wildman–Crippen LogP) is 0.269. The predicted molar refractivity (Wildman–Crippen MR) is 55.3 cm³/mol. The maximum atomic E-state index is 11.5. The molecule has 0 aliphatic carbocycles. The molecule has 0 amide bonds. The minimum absolute atomic E-state index is 0.124. The number of hydrogen-bond donors (Lipinski definition) is 1. The molecule has 0 aliphatic rings. The van der Waals surface area contributed by atoms with Gasteiger partial charge in [0.25, 0.3) is 10.2 Å². The summed E-state index contributed by atoms with van der Waals surface area (Å²) in [5.41, 5.74) is 0.692. The fourth-order valence-electron chi connectivity index (χ4n) is 0.933. The molecule has 0 saturated heterocycles. The van der Waals surface area contributed by atoms with Crippen LogP contribution in [0.5, 0.6) is 0 Å². The van der Waals surface area contributed by atoms with Crippen molar-refractivity contribution in [2.24, 2.45) is 0 Å². The van der Waals surface area contributed by atoms with E-state index >= 15 is 0 Å². The second kappa shape index (κ2) is 4.73. The molecule has 0 aromatic carbocycles. The van der Waals surface area contributed by atoms with Gasteiger partial charge in [-0.2, -0.15) is 17.4 Å². The lowest BCUT2D eigenvalue weighted by atomic mass is 10.4. The molecule has 0 aliphatic heterocycles. The van der Waals surface area contributed by atoms with E-state index in [4.69, 9.17) is 4.42 Å². The SMILES string of the molecule is CCN(C)S(=O)(=O)NCc1ocnc1C. The Balaban J connectivity index is 2.62. The van der Waals surface area contributed by atoms with Gasteiger partial charge in [0.1, 0.15) is 5.76 Å². The summed E-state index contributed by atoms with van der Waals surface area (Å²) in [6, 6.07) is 0. The number of rotatable bonds is 5. The summed E-state index contributed by atoms with van der Waals surface area (Å²) >= 11 is 0. The maximum Gasteiger partial charge on any atom is 0.279 e. The molecule has 0 radical (unpaired) electrons. The lowest BCUT2D eigenvalue weighted by Crippen LogP contribution is -2.37. The maximum absolute atomic E-state index is 11.5. The van der Waals surface area contributed by atoms with Crippen molar-refractivity contribution in [1.82, 2.24) is 14.0 Å². The van der Waals surface area contributed by atoms with E-state index in [1.807, 2.05) is 0 Å². The Bertz CT molecular complexity index is 413. The van der Waals surface area contributed by atoms with Crippen molar-refractivity contribution >= 4 is 10.2 Å². The van der Waals surface area contributed by atoms with E-state index in [1.165, 1.54) is 17.7 Å². The molecule has 0 unspecified atom stereocenters. The van der Waals surface area contributed by atoms with E-state index in [0.29, 0.717) is 18.0 Å². The Morgan fingerprint density at radius 2 is 2.27 bits per heavy atom. The molecule has 0 bridgehead atoms. The van der Waals surface area contributed by atoms with Gasteiger partial charge in [0.2, 0.25) is 0 Å². The third-order valence-electron chi connectivity index (χ3n) is 2.12. The first kappa shape index (κ1) is 12.2. The molecular formula is C8H15N3O3S. The lowest BCUT2D eigenvalue weighted by Gasteiger charge is -2.14. The zero-order chi connectivity index (χ0) is 11.5. The molecule has 0 atom stereocenters.